The molecule has 1 aliphatic carbocycles. The summed E-state index contributed by atoms with van der Waals surface area (Å²) in [4.78, 5) is 16.7. The van der Waals surface area contributed by atoms with Crippen LogP contribution in [0.25, 0.3) is 0 Å². The molecule has 5 atom stereocenters. The maximum Gasteiger partial charge on any atom is 0.419 e. The molecule has 3 aliphatic rings. The molecule has 2 N–H and O–H groups in total. The predicted molar refractivity (Wildman–Crippen MR) is 92.2 cm³/mol. The van der Waals surface area contributed by atoms with Crippen LogP contribution in [0, 0.1) is 17.2 Å². The van der Waals surface area contributed by atoms with Gasteiger partial charge in [0.2, 0.25) is 11.9 Å². The van der Waals surface area contributed by atoms with Gasteiger partial charge in [-0.3, -0.25) is 4.79 Å². The fourth-order valence-corrected chi connectivity index (χ4v) is 5.28. The Morgan fingerprint density at radius 2 is 2.00 bits per heavy atom. The number of aromatic nitrogens is 1. The molecule has 2 saturated heterocycles. The first kappa shape index (κ1) is 19.4. The molecule has 2 bridgehead atoms. The number of benzene rings is 1. The van der Waals surface area contributed by atoms with Crippen LogP contribution in [-0.2, 0) is 21.1 Å². The lowest BCUT2D eigenvalue weighted by Crippen LogP contribution is -2.44. The van der Waals surface area contributed by atoms with Gasteiger partial charge in [-0.2, -0.15) is 17.6 Å². The molecule has 1 amide bonds. The number of halogens is 5. The number of hydrogen-bond donors (Lipinski definition) is 2. The zero-order valence-corrected chi connectivity index (χ0v) is 15.2. The molecule has 0 spiro atoms. The molecule has 30 heavy (non-hydrogen) atoms. The molecule has 3 heterocycles. The molecule has 0 radical (unpaired) electrons. The first-order valence-corrected chi connectivity index (χ1v) is 9.23. The van der Waals surface area contributed by atoms with Gasteiger partial charge < -0.3 is 15.2 Å². The maximum atomic E-state index is 13.9. The van der Waals surface area contributed by atoms with E-state index < -0.39 is 58.6 Å². The Hall–Kier alpha value is -2.59. The smallest absolute Gasteiger partial charge is 0.390 e. The van der Waals surface area contributed by atoms with Gasteiger partial charge in [0.15, 0.2) is 0 Å². The number of hydrogen-bond acceptors (Lipinski definition) is 4. The van der Waals surface area contributed by atoms with Crippen molar-refractivity contribution in [2.45, 2.75) is 42.7 Å². The Kier molecular flexibility index (Phi) is 3.86. The van der Waals surface area contributed by atoms with E-state index in [0.717, 1.165) is 6.07 Å². The van der Waals surface area contributed by atoms with Crippen LogP contribution in [0.15, 0.2) is 36.5 Å². The normalized spacial score (nSPS) is 34.0. The number of aliphatic hydroxyl groups is 1. The Balaban J connectivity index is 1.48. The minimum atomic E-state index is -4.85. The highest BCUT2D eigenvalue weighted by atomic mass is 19.4. The number of ether oxygens (including phenoxy) is 1. The zero-order valence-electron chi connectivity index (χ0n) is 15.2. The summed E-state index contributed by atoms with van der Waals surface area (Å²) in [7, 11) is 0. The molecule has 1 aromatic heterocycles. The van der Waals surface area contributed by atoms with Crippen LogP contribution >= 0.6 is 0 Å². The molecule has 158 valence electrons. The van der Waals surface area contributed by atoms with E-state index in [1.807, 2.05) is 0 Å². The van der Waals surface area contributed by atoms with E-state index in [0.29, 0.717) is 17.7 Å². The van der Waals surface area contributed by atoms with Gasteiger partial charge in [-0.25, -0.2) is 9.37 Å². The quantitative estimate of drug-likeness (QED) is 0.584. The SMILES string of the molecule is O=C(Nc1ccc(C(F)(F)F)c(F)c1)C12CC1(c1ccnc(F)c1)C1OC2CC1O. The highest BCUT2D eigenvalue weighted by Crippen LogP contribution is 2.77. The molecule has 5 unspecified atom stereocenters. The largest absolute Gasteiger partial charge is 0.419 e. The summed E-state index contributed by atoms with van der Waals surface area (Å²) in [6.07, 6.45) is -5.33. The number of carbonyl (C=O) groups excluding carboxylic acids is 1. The first-order valence-electron chi connectivity index (χ1n) is 9.23. The van der Waals surface area contributed by atoms with Gasteiger partial charge in [0.25, 0.3) is 0 Å². The lowest BCUT2D eigenvalue weighted by atomic mass is 9.74. The van der Waals surface area contributed by atoms with Crippen molar-refractivity contribution in [1.29, 1.82) is 0 Å². The lowest BCUT2D eigenvalue weighted by Gasteiger charge is -2.29. The van der Waals surface area contributed by atoms with Crippen LogP contribution in [-0.4, -0.2) is 34.3 Å². The number of pyridine rings is 1. The first-order chi connectivity index (χ1) is 14.1. The summed E-state index contributed by atoms with van der Waals surface area (Å²) in [5.74, 6) is -2.82. The van der Waals surface area contributed by atoms with Gasteiger partial charge in [-0.15, -0.1) is 0 Å². The van der Waals surface area contributed by atoms with E-state index in [1.54, 1.807) is 6.07 Å². The number of anilines is 1. The number of carbonyl (C=O) groups is 1. The number of nitrogens with one attached hydrogen (secondary N) is 1. The molecule has 2 aliphatic heterocycles. The van der Waals surface area contributed by atoms with Crippen molar-refractivity contribution in [3.8, 4) is 0 Å². The summed E-state index contributed by atoms with van der Waals surface area (Å²) in [6, 6.07) is 4.87. The molecule has 2 aromatic rings. The van der Waals surface area contributed by atoms with E-state index >= 15 is 0 Å². The third-order valence-electron chi connectivity index (χ3n) is 6.56. The number of alkyl halides is 3. The monoisotopic (exact) mass is 426 g/mol. The van der Waals surface area contributed by atoms with E-state index in [2.05, 4.69) is 10.3 Å². The maximum absolute atomic E-state index is 13.9. The van der Waals surface area contributed by atoms with Crippen molar-refractivity contribution in [3.63, 3.8) is 0 Å². The van der Waals surface area contributed by atoms with E-state index in [1.165, 1.54) is 12.3 Å². The molecule has 10 heteroatoms. The summed E-state index contributed by atoms with van der Waals surface area (Å²) in [5.41, 5.74) is -3.23. The highest BCUT2D eigenvalue weighted by molar-refractivity contribution is 6.01. The van der Waals surface area contributed by atoms with Crippen molar-refractivity contribution in [3.05, 3.63) is 59.4 Å². The van der Waals surface area contributed by atoms with Crippen molar-refractivity contribution < 1.29 is 36.6 Å². The number of amides is 1. The number of nitrogens with zero attached hydrogens (tertiary/aromatic N) is 1. The molecule has 1 saturated carbocycles. The van der Waals surface area contributed by atoms with E-state index in [4.69, 9.17) is 4.74 Å². The van der Waals surface area contributed by atoms with Gasteiger partial charge in [0.1, 0.15) is 5.82 Å². The third-order valence-corrected chi connectivity index (χ3v) is 6.56. The van der Waals surface area contributed by atoms with E-state index in [-0.39, 0.29) is 18.5 Å². The summed E-state index contributed by atoms with van der Waals surface area (Å²) >= 11 is 0. The summed E-state index contributed by atoms with van der Waals surface area (Å²) in [5, 5.41) is 12.8. The average Bonchev–Trinajstić information content (AvgIpc) is 3.15. The van der Waals surface area contributed by atoms with Crippen LogP contribution in [0.5, 0.6) is 0 Å². The van der Waals surface area contributed by atoms with Crippen molar-refractivity contribution in [2.24, 2.45) is 5.41 Å². The Morgan fingerprint density at radius 3 is 2.67 bits per heavy atom. The predicted octanol–water partition coefficient (Wildman–Crippen LogP) is 3.18. The minimum Gasteiger partial charge on any atom is -0.390 e. The summed E-state index contributed by atoms with van der Waals surface area (Å²) in [6.45, 7) is 0. The Bertz CT molecular complexity index is 1060. The van der Waals surface area contributed by atoms with Gasteiger partial charge >= 0.3 is 6.18 Å². The highest BCUT2D eigenvalue weighted by Gasteiger charge is 2.87. The van der Waals surface area contributed by atoms with Crippen LogP contribution in [0.1, 0.15) is 24.0 Å². The van der Waals surface area contributed by atoms with Gasteiger partial charge in [0, 0.05) is 23.7 Å². The fraction of sp³-hybridized carbons (Fsp3) is 0.400. The van der Waals surface area contributed by atoms with Crippen LogP contribution in [0.3, 0.4) is 0 Å². The average molecular weight is 426 g/mol. The zero-order chi connectivity index (χ0) is 21.5. The Labute approximate surface area is 166 Å². The third kappa shape index (κ3) is 2.40. The van der Waals surface area contributed by atoms with Crippen molar-refractivity contribution >= 4 is 11.6 Å². The van der Waals surface area contributed by atoms with Gasteiger partial charge in [0.05, 0.1) is 29.3 Å². The number of aliphatic hydroxyl groups excluding tert-OH is 1. The topological polar surface area (TPSA) is 71.5 Å². The number of fused-ring (bicyclic) bond motifs is 5. The van der Waals surface area contributed by atoms with Crippen LogP contribution in [0.2, 0.25) is 0 Å². The van der Waals surface area contributed by atoms with E-state index in [9.17, 15) is 31.9 Å². The fourth-order valence-electron chi connectivity index (χ4n) is 5.28. The number of rotatable bonds is 3. The van der Waals surface area contributed by atoms with Crippen LogP contribution in [0.4, 0.5) is 27.6 Å². The van der Waals surface area contributed by atoms with Gasteiger partial charge in [-0.05, 0) is 42.3 Å². The molecular formula is C20H15F5N2O3. The van der Waals surface area contributed by atoms with Crippen molar-refractivity contribution in [1.82, 2.24) is 4.98 Å². The second-order valence-electron chi connectivity index (χ2n) is 7.98. The molecule has 3 fully saturated rings. The molecule has 5 rings (SSSR count). The van der Waals surface area contributed by atoms with Crippen molar-refractivity contribution in [2.75, 3.05) is 5.32 Å². The van der Waals surface area contributed by atoms with Gasteiger partial charge in [-0.1, -0.05) is 0 Å². The Morgan fingerprint density at radius 1 is 1.23 bits per heavy atom. The second-order valence-corrected chi connectivity index (χ2v) is 7.98. The second kappa shape index (κ2) is 5.98. The summed E-state index contributed by atoms with van der Waals surface area (Å²) < 4.78 is 71.7. The lowest BCUT2D eigenvalue weighted by molar-refractivity contribution is -0.140. The van der Waals surface area contributed by atoms with Crippen LogP contribution < -0.4 is 5.32 Å². The molecule has 1 aromatic carbocycles. The molecule has 5 nitrogen and oxygen atoms in total. The minimum absolute atomic E-state index is 0.134. The molecular weight excluding hydrogens is 411 g/mol. The standard InChI is InChI=1S/C20H15F5N2O3/c21-12-6-10(1-2-11(12)20(23,24)25)27-17(29)19-8-18(19,9-3-4-26-15(22)5-9)16-13(28)7-14(19)30-16/h1-6,13-14,16,28H,7-8H2,(H,27,29).